The Balaban J connectivity index is 1.77. The van der Waals surface area contributed by atoms with Crippen LogP contribution in [0.2, 0.25) is 0 Å². The molecule has 3 nitrogen and oxygen atoms in total. The van der Waals surface area contributed by atoms with E-state index in [4.69, 9.17) is 4.74 Å². The van der Waals surface area contributed by atoms with Gasteiger partial charge in [-0.2, -0.15) is 0 Å². The highest BCUT2D eigenvalue weighted by Gasteiger charge is 2.63. The number of rotatable bonds is 3. The summed E-state index contributed by atoms with van der Waals surface area (Å²) in [6, 6.07) is 0. The molecule has 0 spiro atoms. The van der Waals surface area contributed by atoms with Gasteiger partial charge in [-0.3, -0.25) is 9.59 Å². The molecular formula is C12H16O3S. The van der Waals surface area contributed by atoms with Crippen LogP contribution in [0.5, 0.6) is 0 Å². The molecule has 1 heterocycles. The standard InChI is InChI=1S/C12H16O3S/c1-2-3-16-12(14)9-6-4-7-8(5-6)15-11(13)10(7)9/h6-10H,2-5H2,1H3. The summed E-state index contributed by atoms with van der Waals surface area (Å²) in [7, 11) is 0. The molecule has 2 saturated carbocycles. The van der Waals surface area contributed by atoms with Crippen molar-refractivity contribution in [2.24, 2.45) is 23.7 Å². The highest BCUT2D eigenvalue weighted by Crippen LogP contribution is 2.58. The monoisotopic (exact) mass is 240 g/mol. The quantitative estimate of drug-likeness (QED) is 0.706. The number of carbonyl (C=O) groups excluding carboxylic acids is 2. The normalized spacial score (nSPS) is 43.8. The van der Waals surface area contributed by atoms with Gasteiger partial charge in [0.15, 0.2) is 5.12 Å². The zero-order valence-corrected chi connectivity index (χ0v) is 10.2. The first-order valence-corrected chi connectivity index (χ1v) is 7.08. The van der Waals surface area contributed by atoms with Crippen LogP contribution in [0.15, 0.2) is 0 Å². The van der Waals surface area contributed by atoms with Gasteiger partial charge in [0.1, 0.15) is 6.10 Å². The Kier molecular flexibility index (Phi) is 2.50. The van der Waals surface area contributed by atoms with E-state index in [2.05, 4.69) is 6.92 Å². The van der Waals surface area contributed by atoms with Crippen molar-refractivity contribution in [3.63, 3.8) is 0 Å². The Bertz CT molecular complexity index is 339. The SMILES string of the molecule is CCCSC(=O)C1C2CC3OC(=O)C1C3C2. The lowest BCUT2D eigenvalue weighted by molar-refractivity contribution is -0.144. The van der Waals surface area contributed by atoms with Gasteiger partial charge in [0, 0.05) is 17.6 Å². The third kappa shape index (κ3) is 1.35. The van der Waals surface area contributed by atoms with E-state index in [-0.39, 0.29) is 29.0 Å². The summed E-state index contributed by atoms with van der Waals surface area (Å²) in [6.45, 7) is 2.07. The second kappa shape index (κ2) is 3.76. The van der Waals surface area contributed by atoms with Crippen molar-refractivity contribution in [1.29, 1.82) is 0 Å². The Morgan fingerprint density at radius 3 is 3.06 bits per heavy atom. The maximum absolute atomic E-state index is 12.1. The van der Waals surface area contributed by atoms with E-state index >= 15 is 0 Å². The van der Waals surface area contributed by atoms with Crippen molar-refractivity contribution in [2.75, 3.05) is 5.75 Å². The fraction of sp³-hybridized carbons (Fsp3) is 0.833. The number of hydrogen-bond acceptors (Lipinski definition) is 4. The lowest BCUT2D eigenvalue weighted by atomic mass is 9.81. The first-order valence-electron chi connectivity index (χ1n) is 6.09. The van der Waals surface area contributed by atoms with Crippen molar-refractivity contribution in [2.45, 2.75) is 32.3 Å². The Labute approximate surface area is 99.3 Å². The number of esters is 1. The molecule has 2 bridgehead atoms. The number of carbonyl (C=O) groups is 2. The molecule has 2 aliphatic carbocycles. The molecule has 0 radical (unpaired) electrons. The van der Waals surface area contributed by atoms with E-state index in [1.54, 1.807) is 0 Å². The smallest absolute Gasteiger partial charge is 0.310 e. The van der Waals surface area contributed by atoms with Crippen LogP contribution in [-0.2, 0) is 14.3 Å². The minimum atomic E-state index is -0.106. The van der Waals surface area contributed by atoms with Gasteiger partial charge >= 0.3 is 5.97 Å². The van der Waals surface area contributed by atoms with E-state index in [1.165, 1.54) is 11.8 Å². The largest absolute Gasteiger partial charge is 0.462 e. The molecule has 3 aliphatic rings. The molecule has 1 saturated heterocycles. The molecule has 3 fully saturated rings. The first-order chi connectivity index (χ1) is 7.72. The Morgan fingerprint density at radius 1 is 1.50 bits per heavy atom. The molecule has 1 aliphatic heterocycles. The van der Waals surface area contributed by atoms with Gasteiger partial charge in [0.2, 0.25) is 0 Å². The van der Waals surface area contributed by atoms with Crippen LogP contribution in [0.1, 0.15) is 26.2 Å². The summed E-state index contributed by atoms with van der Waals surface area (Å²) in [5.41, 5.74) is 0. The van der Waals surface area contributed by atoms with Crippen molar-refractivity contribution >= 4 is 22.8 Å². The molecule has 0 amide bonds. The fourth-order valence-electron chi connectivity index (χ4n) is 3.62. The summed E-state index contributed by atoms with van der Waals surface area (Å²) in [6.07, 6.45) is 3.11. The predicted molar refractivity (Wildman–Crippen MR) is 60.8 cm³/mol. The summed E-state index contributed by atoms with van der Waals surface area (Å²) in [5, 5.41) is 0.233. The van der Waals surface area contributed by atoms with Crippen molar-refractivity contribution in [1.82, 2.24) is 0 Å². The van der Waals surface area contributed by atoms with Gasteiger partial charge in [-0.1, -0.05) is 18.7 Å². The lowest BCUT2D eigenvalue weighted by Gasteiger charge is -2.22. The number of hydrogen-bond donors (Lipinski definition) is 0. The summed E-state index contributed by atoms with van der Waals surface area (Å²) in [4.78, 5) is 23.8. The fourth-order valence-corrected chi connectivity index (χ4v) is 4.56. The molecule has 5 unspecified atom stereocenters. The molecular weight excluding hydrogens is 224 g/mol. The van der Waals surface area contributed by atoms with Gasteiger partial charge in [0.05, 0.1) is 5.92 Å². The summed E-state index contributed by atoms with van der Waals surface area (Å²) < 4.78 is 5.32. The van der Waals surface area contributed by atoms with Crippen LogP contribution in [0, 0.1) is 23.7 Å². The number of fused-ring (bicyclic) bond motifs is 1. The molecule has 0 aromatic heterocycles. The van der Waals surface area contributed by atoms with Crippen LogP contribution in [-0.4, -0.2) is 22.9 Å². The zero-order valence-electron chi connectivity index (χ0n) is 9.35. The summed E-state index contributed by atoms with van der Waals surface area (Å²) in [5.74, 6) is 1.41. The van der Waals surface area contributed by atoms with Crippen LogP contribution < -0.4 is 0 Å². The van der Waals surface area contributed by atoms with E-state index in [0.717, 1.165) is 25.0 Å². The average Bonchev–Trinajstić information content (AvgIpc) is 2.85. The molecule has 0 aromatic carbocycles. The molecule has 3 rings (SSSR count). The highest BCUT2D eigenvalue weighted by atomic mass is 32.2. The molecule has 0 N–H and O–H groups in total. The van der Waals surface area contributed by atoms with Gasteiger partial charge in [-0.05, 0) is 25.2 Å². The maximum Gasteiger partial charge on any atom is 0.310 e. The van der Waals surface area contributed by atoms with Crippen LogP contribution in [0.3, 0.4) is 0 Å². The van der Waals surface area contributed by atoms with Crippen molar-refractivity contribution in [3.8, 4) is 0 Å². The molecule has 5 atom stereocenters. The van der Waals surface area contributed by atoms with E-state index in [1.807, 2.05) is 0 Å². The van der Waals surface area contributed by atoms with Gasteiger partial charge in [-0.15, -0.1) is 0 Å². The minimum Gasteiger partial charge on any atom is -0.462 e. The zero-order chi connectivity index (χ0) is 11.3. The van der Waals surface area contributed by atoms with Crippen LogP contribution in [0.25, 0.3) is 0 Å². The van der Waals surface area contributed by atoms with E-state index in [0.29, 0.717) is 11.8 Å². The van der Waals surface area contributed by atoms with Crippen molar-refractivity contribution < 1.29 is 14.3 Å². The first kappa shape index (κ1) is 10.6. The van der Waals surface area contributed by atoms with E-state index < -0.39 is 0 Å². The third-order valence-electron chi connectivity index (χ3n) is 4.20. The number of ether oxygens (including phenoxy) is 1. The topological polar surface area (TPSA) is 43.4 Å². The predicted octanol–water partition coefficient (Wildman–Crippen LogP) is 1.85. The Hall–Kier alpha value is -0.510. The van der Waals surface area contributed by atoms with Crippen LogP contribution in [0.4, 0.5) is 0 Å². The average molecular weight is 240 g/mol. The minimum absolute atomic E-state index is 0.0344. The molecule has 88 valence electrons. The van der Waals surface area contributed by atoms with Gasteiger partial charge < -0.3 is 4.74 Å². The molecule has 16 heavy (non-hydrogen) atoms. The molecule has 4 heteroatoms. The van der Waals surface area contributed by atoms with E-state index in [9.17, 15) is 9.59 Å². The second-order valence-electron chi connectivity index (χ2n) is 5.09. The Morgan fingerprint density at radius 2 is 2.31 bits per heavy atom. The lowest BCUT2D eigenvalue weighted by Crippen LogP contribution is -2.31. The molecule has 0 aromatic rings. The second-order valence-corrected chi connectivity index (χ2v) is 6.19. The highest BCUT2D eigenvalue weighted by molar-refractivity contribution is 8.13. The van der Waals surface area contributed by atoms with Gasteiger partial charge in [-0.25, -0.2) is 0 Å². The van der Waals surface area contributed by atoms with Gasteiger partial charge in [0.25, 0.3) is 0 Å². The maximum atomic E-state index is 12.1. The summed E-state index contributed by atoms with van der Waals surface area (Å²) >= 11 is 1.41. The van der Waals surface area contributed by atoms with Crippen LogP contribution >= 0.6 is 11.8 Å². The number of thioether (sulfide) groups is 1. The van der Waals surface area contributed by atoms with Crippen molar-refractivity contribution in [3.05, 3.63) is 0 Å². The third-order valence-corrected chi connectivity index (χ3v) is 5.37.